The lowest BCUT2D eigenvalue weighted by atomic mass is 10.1. The Bertz CT molecular complexity index is 1000. The molecule has 0 fully saturated rings. The van der Waals surface area contributed by atoms with E-state index in [9.17, 15) is 9.59 Å². The van der Waals surface area contributed by atoms with Gasteiger partial charge in [-0.05, 0) is 35.2 Å². The zero-order chi connectivity index (χ0) is 22.1. The topological polar surface area (TPSA) is 49.9 Å². The van der Waals surface area contributed by atoms with Gasteiger partial charge in [-0.2, -0.15) is 0 Å². The van der Waals surface area contributed by atoms with E-state index >= 15 is 0 Å². The summed E-state index contributed by atoms with van der Waals surface area (Å²) in [6, 6.07) is 20.8. The zero-order valence-electron chi connectivity index (χ0n) is 17.6. The second-order valence-corrected chi connectivity index (χ2v) is 8.05. The predicted molar refractivity (Wildman–Crippen MR) is 124 cm³/mol. The largest absolute Gasteiger partial charge is 0.497 e. The lowest BCUT2D eigenvalue weighted by Crippen LogP contribution is -2.42. The van der Waals surface area contributed by atoms with Crippen LogP contribution in [0.1, 0.15) is 20.8 Å². The van der Waals surface area contributed by atoms with Crippen LogP contribution in [0.5, 0.6) is 5.75 Å². The third-order valence-corrected chi connectivity index (χ3v) is 5.64. The monoisotopic (exact) mass is 434 g/mol. The van der Waals surface area contributed by atoms with E-state index in [1.165, 1.54) is 4.90 Å². The van der Waals surface area contributed by atoms with Gasteiger partial charge in [0.15, 0.2) is 0 Å². The van der Waals surface area contributed by atoms with Crippen molar-refractivity contribution in [1.29, 1.82) is 0 Å². The highest BCUT2D eigenvalue weighted by Gasteiger charge is 2.22. The maximum absolute atomic E-state index is 13.3. The highest BCUT2D eigenvalue weighted by Crippen LogP contribution is 2.17. The Kier molecular flexibility index (Phi) is 8.01. The molecule has 0 aliphatic rings. The number of thiophene rings is 1. The van der Waals surface area contributed by atoms with Crippen molar-refractivity contribution in [2.24, 2.45) is 0 Å². The summed E-state index contributed by atoms with van der Waals surface area (Å²) in [6.45, 7) is 4.98. The van der Waals surface area contributed by atoms with E-state index in [1.54, 1.807) is 53.7 Å². The first-order chi connectivity index (χ1) is 15.1. The van der Waals surface area contributed by atoms with Crippen LogP contribution in [0, 0.1) is 0 Å². The Hall–Kier alpha value is -3.38. The summed E-state index contributed by atoms with van der Waals surface area (Å²) in [5.74, 6) is 0.248. The van der Waals surface area contributed by atoms with Crippen LogP contribution in [0.3, 0.4) is 0 Å². The maximum atomic E-state index is 13.3. The summed E-state index contributed by atoms with van der Waals surface area (Å²) >= 11 is 1.61. The SMILES string of the molecule is C=CCN(CC(=O)N(Cc1ccccc1)Cc1cccs1)C(=O)c1cccc(OC)c1. The van der Waals surface area contributed by atoms with Gasteiger partial charge >= 0.3 is 0 Å². The molecular formula is C25H26N2O3S. The maximum Gasteiger partial charge on any atom is 0.254 e. The fourth-order valence-electron chi connectivity index (χ4n) is 3.20. The lowest BCUT2D eigenvalue weighted by Gasteiger charge is -2.27. The smallest absolute Gasteiger partial charge is 0.254 e. The number of carbonyl (C=O) groups excluding carboxylic acids is 2. The first kappa shape index (κ1) is 22.3. The van der Waals surface area contributed by atoms with Crippen LogP contribution >= 0.6 is 11.3 Å². The fraction of sp³-hybridized carbons (Fsp3) is 0.200. The van der Waals surface area contributed by atoms with E-state index in [1.807, 2.05) is 47.8 Å². The van der Waals surface area contributed by atoms with Crippen molar-refractivity contribution in [3.8, 4) is 5.75 Å². The molecule has 0 radical (unpaired) electrons. The number of benzene rings is 2. The molecule has 0 spiro atoms. The second-order valence-electron chi connectivity index (χ2n) is 7.02. The van der Waals surface area contributed by atoms with Crippen molar-refractivity contribution >= 4 is 23.2 Å². The average molecular weight is 435 g/mol. The van der Waals surface area contributed by atoms with Crippen molar-refractivity contribution in [3.05, 3.63) is 101 Å². The summed E-state index contributed by atoms with van der Waals surface area (Å²) in [5, 5.41) is 2.00. The van der Waals surface area contributed by atoms with Gasteiger partial charge in [-0.25, -0.2) is 0 Å². The van der Waals surface area contributed by atoms with Crippen LogP contribution in [0.4, 0.5) is 0 Å². The number of hydrogen-bond donors (Lipinski definition) is 0. The van der Waals surface area contributed by atoms with Crippen molar-refractivity contribution in [2.75, 3.05) is 20.2 Å². The molecule has 0 atom stereocenters. The lowest BCUT2D eigenvalue weighted by molar-refractivity contribution is -0.133. The number of ether oxygens (including phenoxy) is 1. The summed E-state index contributed by atoms with van der Waals surface area (Å²) in [4.78, 5) is 30.8. The van der Waals surface area contributed by atoms with E-state index in [4.69, 9.17) is 4.74 Å². The summed E-state index contributed by atoms with van der Waals surface area (Å²) in [5.41, 5.74) is 1.52. The molecule has 6 heteroatoms. The molecule has 0 aliphatic heterocycles. The Morgan fingerprint density at radius 1 is 1.00 bits per heavy atom. The second kappa shape index (κ2) is 11.1. The van der Waals surface area contributed by atoms with Crippen LogP contribution in [0.15, 0.2) is 84.8 Å². The number of methoxy groups -OCH3 is 1. The molecule has 3 rings (SSSR count). The van der Waals surface area contributed by atoms with Crippen LogP contribution < -0.4 is 4.74 Å². The molecule has 31 heavy (non-hydrogen) atoms. The molecule has 0 saturated carbocycles. The molecule has 0 unspecified atom stereocenters. The van der Waals surface area contributed by atoms with E-state index < -0.39 is 0 Å². The molecule has 0 saturated heterocycles. The Labute approximate surface area is 187 Å². The molecule has 0 bridgehead atoms. The van der Waals surface area contributed by atoms with Gasteiger partial charge in [0.2, 0.25) is 5.91 Å². The molecule has 5 nitrogen and oxygen atoms in total. The quantitative estimate of drug-likeness (QED) is 0.438. The van der Waals surface area contributed by atoms with Crippen molar-refractivity contribution in [3.63, 3.8) is 0 Å². The van der Waals surface area contributed by atoms with Gasteiger partial charge in [0.25, 0.3) is 5.91 Å². The minimum Gasteiger partial charge on any atom is -0.497 e. The third-order valence-electron chi connectivity index (χ3n) is 4.78. The fourth-order valence-corrected chi connectivity index (χ4v) is 3.92. The van der Waals surface area contributed by atoms with Crippen molar-refractivity contribution in [1.82, 2.24) is 9.80 Å². The molecule has 1 heterocycles. The minimum atomic E-state index is -0.233. The van der Waals surface area contributed by atoms with Crippen LogP contribution in [0.2, 0.25) is 0 Å². The standard InChI is InChI=1S/C25H26N2O3S/c1-3-14-26(25(29)21-11-7-12-22(16-21)30-2)19-24(28)27(18-23-13-8-15-31-23)17-20-9-5-4-6-10-20/h3-13,15-16H,1,14,17-19H2,2H3. The normalized spacial score (nSPS) is 10.4. The van der Waals surface area contributed by atoms with Gasteiger partial charge in [0, 0.05) is 23.5 Å². The summed E-state index contributed by atoms with van der Waals surface area (Å²) in [7, 11) is 1.56. The Morgan fingerprint density at radius 2 is 1.81 bits per heavy atom. The molecule has 1 aromatic heterocycles. The van der Waals surface area contributed by atoms with Gasteiger partial charge < -0.3 is 14.5 Å². The zero-order valence-corrected chi connectivity index (χ0v) is 18.4. The Morgan fingerprint density at radius 3 is 2.48 bits per heavy atom. The minimum absolute atomic E-state index is 0.0275. The van der Waals surface area contributed by atoms with E-state index in [2.05, 4.69) is 6.58 Å². The number of rotatable bonds is 10. The van der Waals surface area contributed by atoms with Crippen LogP contribution in [-0.4, -0.2) is 41.8 Å². The highest BCUT2D eigenvalue weighted by molar-refractivity contribution is 7.09. The first-order valence-corrected chi connectivity index (χ1v) is 10.9. The van der Waals surface area contributed by atoms with E-state index in [-0.39, 0.29) is 24.9 Å². The number of amides is 2. The van der Waals surface area contributed by atoms with Crippen molar-refractivity contribution < 1.29 is 14.3 Å². The number of carbonyl (C=O) groups is 2. The molecular weight excluding hydrogens is 408 g/mol. The summed E-state index contributed by atoms with van der Waals surface area (Å²) in [6.07, 6.45) is 1.63. The number of nitrogens with zero attached hydrogens (tertiary/aromatic N) is 2. The molecule has 3 aromatic rings. The molecule has 2 aromatic carbocycles. The molecule has 0 aliphatic carbocycles. The van der Waals surface area contributed by atoms with Crippen molar-refractivity contribution in [2.45, 2.75) is 13.1 Å². The molecule has 0 N–H and O–H groups in total. The van der Waals surface area contributed by atoms with Gasteiger partial charge in [-0.15, -0.1) is 17.9 Å². The summed E-state index contributed by atoms with van der Waals surface area (Å²) < 4.78 is 5.22. The first-order valence-electron chi connectivity index (χ1n) is 9.99. The third kappa shape index (κ3) is 6.30. The van der Waals surface area contributed by atoms with E-state index in [0.717, 1.165) is 10.4 Å². The van der Waals surface area contributed by atoms with Gasteiger partial charge in [0.05, 0.1) is 13.7 Å². The predicted octanol–water partition coefficient (Wildman–Crippen LogP) is 4.61. The van der Waals surface area contributed by atoms with Crippen LogP contribution in [0.25, 0.3) is 0 Å². The van der Waals surface area contributed by atoms with E-state index in [0.29, 0.717) is 24.4 Å². The molecule has 2 amide bonds. The van der Waals surface area contributed by atoms with Crippen LogP contribution in [-0.2, 0) is 17.9 Å². The van der Waals surface area contributed by atoms with Gasteiger partial charge in [-0.3, -0.25) is 9.59 Å². The Balaban J connectivity index is 1.78. The number of hydrogen-bond acceptors (Lipinski definition) is 4. The molecule has 160 valence electrons. The highest BCUT2D eigenvalue weighted by atomic mass is 32.1. The van der Waals surface area contributed by atoms with Gasteiger partial charge in [-0.1, -0.05) is 48.5 Å². The average Bonchev–Trinajstić information content (AvgIpc) is 3.31. The van der Waals surface area contributed by atoms with Gasteiger partial charge in [0.1, 0.15) is 12.3 Å².